The molecule has 2 heterocycles. The normalized spacial score (nSPS) is 25.0. The van der Waals surface area contributed by atoms with Gasteiger partial charge in [0.1, 0.15) is 0 Å². The number of aromatic nitrogens is 2. The van der Waals surface area contributed by atoms with Crippen molar-refractivity contribution in [1.29, 1.82) is 0 Å². The van der Waals surface area contributed by atoms with Crippen LogP contribution in [-0.4, -0.2) is 50.5 Å². The number of amides is 1. The molecule has 0 aromatic carbocycles. The molecular weight excluding hydrogens is 230 g/mol. The van der Waals surface area contributed by atoms with Crippen LogP contribution < -0.4 is 0 Å². The molecule has 0 spiro atoms. The van der Waals surface area contributed by atoms with Crippen molar-refractivity contribution >= 4 is 17.5 Å². The van der Waals surface area contributed by atoms with E-state index < -0.39 is 6.10 Å². The third kappa shape index (κ3) is 2.20. The Morgan fingerprint density at radius 2 is 2.38 bits per heavy atom. The van der Waals surface area contributed by atoms with Crippen molar-refractivity contribution in [3.63, 3.8) is 0 Å². The number of aliphatic hydroxyl groups excluding tert-OH is 1. The van der Waals surface area contributed by atoms with Crippen LogP contribution in [0.1, 0.15) is 12.5 Å². The van der Waals surface area contributed by atoms with Crippen LogP contribution in [0.3, 0.4) is 0 Å². The average molecular weight is 244 g/mol. The Labute approximate surface area is 98.6 Å². The summed E-state index contributed by atoms with van der Waals surface area (Å²) in [5, 5.41) is 9.87. The maximum absolute atomic E-state index is 11.6. The van der Waals surface area contributed by atoms with E-state index in [1.54, 1.807) is 23.6 Å². The van der Waals surface area contributed by atoms with Crippen molar-refractivity contribution in [3.05, 3.63) is 18.7 Å². The molecule has 0 aliphatic carbocycles. The van der Waals surface area contributed by atoms with E-state index in [0.717, 1.165) is 0 Å². The number of β-amino-alcohol motifs (C(OH)–C–C–N with tert-alkyl or cyclic N) is 1. The second-order valence-electron chi connectivity index (χ2n) is 3.88. The molecule has 1 fully saturated rings. The largest absolute Gasteiger partial charge is 0.389 e. The summed E-state index contributed by atoms with van der Waals surface area (Å²) >= 11 is 5.52. The van der Waals surface area contributed by atoms with E-state index in [0.29, 0.717) is 25.4 Å². The lowest BCUT2D eigenvalue weighted by atomic mass is 10.2. The third-order valence-electron chi connectivity index (χ3n) is 2.83. The van der Waals surface area contributed by atoms with Crippen molar-refractivity contribution in [2.24, 2.45) is 0 Å². The van der Waals surface area contributed by atoms with E-state index in [2.05, 4.69) is 4.98 Å². The zero-order valence-electron chi connectivity index (χ0n) is 8.79. The number of carbonyl (C=O) groups excluding carboxylic acids is 1. The number of hydrogen-bond donors (Lipinski definition) is 1. The molecule has 0 radical (unpaired) electrons. The summed E-state index contributed by atoms with van der Waals surface area (Å²) in [7, 11) is 0. The topological polar surface area (TPSA) is 58.4 Å². The second-order valence-corrected chi connectivity index (χ2v) is 4.26. The van der Waals surface area contributed by atoms with E-state index in [9.17, 15) is 9.90 Å². The van der Waals surface area contributed by atoms with Gasteiger partial charge < -0.3 is 14.6 Å². The summed E-state index contributed by atoms with van der Waals surface area (Å²) < 4.78 is 1.83. The maximum Gasteiger partial charge on any atom is 0.223 e. The van der Waals surface area contributed by atoms with Gasteiger partial charge >= 0.3 is 0 Å². The number of rotatable bonds is 3. The molecule has 1 aromatic rings. The third-order valence-corrected chi connectivity index (χ3v) is 3.02. The van der Waals surface area contributed by atoms with Crippen LogP contribution in [0.5, 0.6) is 0 Å². The first kappa shape index (κ1) is 11.4. The fourth-order valence-electron chi connectivity index (χ4n) is 1.97. The minimum atomic E-state index is -0.534. The molecule has 1 amide bonds. The first-order valence-electron chi connectivity index (χ1n) is 5.21. The number of likely N-dealkylation sites (tertiary alicyclic amines) is 1. The van der Waals surface area contributed by atoms with Crippen molar-refractivity contribution in [2.45, 2.75) is 18.6 Å². The van der Waals surface area contributed by atoms with Gasteiger partial charge in [-0.1, -0.05) is 0 Å². The summed E-state index contributed by atoms with van der Waals surface area (Å²) in [6.45, 7) is 0.895. The Hall–Kier alpha value is -1.07. The Morgan fingerprint density at radius 3 is 3.00 bits per heavy atom. The maximum atomic E-state index is 11.6. The van der Waals surface area contributed by atoms with Crippen LogP contribution >= 0.6 is 11.6 Å². The molecule has 1 aliphatic heterocycles. The number of imidazole rings is 1. The van der Waals surface area contributed by atoms with Crippen LogP contribution in [0.4, 0.5) is 0 Å². The number of alkyl halides is 1. The lowest BCUT2D eigenvalue weighted by molar-refractivity contribution is -0.130. The standard InChI is InChI=1S/C10H14ClN3O2/c11-2-1-10(16)14-5-8(9(15)6-14)13-4-3-12-7-13/h3-4,7-9,15H,1-2,5-6H2. The molecule has 1 aromatic heterocycles. The van der Waals surface area contributed by atoms with Crippen LogP contribution in [0.15, 0.2) is 18.7 Å². The lowest BCUT2D eigenvalue weighted by Crippen LogP contribution is -2.29. The molecule has 1 aliphatic rings. The van der Waals surface area contributed by atoms with Crippen LogP contribution in [0.2, 0.25) is 0 Å². The van der Waals surface area contributed by atoms with Crippen molar-refractivity contribution in [2.75, 3.05) is 19.0 Å². The summed E-state index contributed by atoms with van der Waals surface area (Å²) in [4.78, 5) is 17.2. The molecule has 88 valence electrons. The molecule has 16 heavy (non-hydrogen) atoms. The molecular formula is C10H14ClN3O2. The zero-order chi connectivity index (χ0) is 11.5. The number of nitrogens with zero attached hydrogens (tertiary/aromatic N) is 3. The van der Waals surface area contributed by atoms with Gasteiger partial charge in [-0.3, -0.25) is 4.79 Å². The summed E-state index contributed by atoms with van der Waals surface area (Å²) in [6.07, 6.45) is 4.90. The highest BCUT2D eigenvalue weighted by molar-refractivity contribution is 6.18. The predicted octanol–water partition coefficient (Wildman–Crippen LogP) is 0.256. The number of aliphatic hydroxyl groups is 1. The molecule has 2 atom stereocenters. The quantitative estimate of drug-likeness (QED) is 0.775. The van der Waals surface area contributed by atoms with E-state index in [-0.39, 0.29) is 11.9 Å². The molecule has 0 bridgehead atoms. The van der Waals surface area contributed by atoms with E-state index in [4.69, 9.17) is 11.6 Å². The van der Waals surface area contributed by atoms with Gasteiger partial charge in [-0.25, -0.2) is 4.98 Å². The highest BCUT2D eigenvalue weighted by Crippen LogP contribution is 2.22. The van der Waals surface area contributed by atoms with Gasteiger partial charge in [-0.05, 0) is 0 Å². The molecule has 5 nitrogen and oxygen atoms in total. The molecule has 2 unspecified atom stereocenters. The van der Waals surface area contributed by atoms with Gasteiger partial charge in [0.25, 0.3) is 0 Å². The van der Waals surface area contributed by atoms with Crippen LogP contribution in [0, 0.1) is 0 Å². The van der Waals surface area contributed by atoms with Gasteiger partial charge in [-0.2, -0.15) is 0 Å². The molecule has 1 N–H and O–H groups in total. The highest BCUT2D eigenvalue weighted by atomic mass is 35.5. The zero-order valence-corrected chi connectivity index (χ0v) is 9.55. The Kier molecular flexibility index (Phi) is 3.46. The Bertz CT molecular complexity index is 355. The number of carbonyl (C=O) groups is 1. The minimum Gasteiger partial charge on any atom is -0.389 e. The van der Waals surface area contributed by atoms with Crippen molar-refractivity contribution in [1.82, 2.24) is 14.5 Å². The fourth-order valence-corrected chi connectivity index (χ4v) is 2.13. The highest BCUT2D eigenvalue weighted by Gasteiger charge is 2.34. The number of hydrogen-bond acceptors (Lipinski definition) is 3. The SMILES string of the molecule is O=C(CCCl)N1CC(O)C(n2ccnc2)C1. The van der Waals surface area contributed by atoms with E-state index in [1.165, 1.54) is 0 Å². The van der Waals surface area contributed by atoms with Gasteiger partial charge in [0.15, 0.2) is 0 Å². The lowest BCUT2D eigenvalue weighted by Gasteiger charge is -2.15. The second kappa shape index (κ2) is 4.84. The van der Waals surface area contributed by atoms with Crippen LogP contribution in [-0.2, 0) is 4.79 Å². The molecule has 1 saturated heterocycles. The van der Waals surface area contributed by atoms with Crippen molar-refractivity contribution in [3.8, 4) is 0 Å². The minimum absolute atomic E-state index is 0.00309. The predicted molar refractivity (Wildman–Crippen MR) is 59.2 cm³/mol. The van der Waals surface area contributed by atoms with Gasteiger partial charge in [0.05, 0.1) is 18.5 Å². The molecule has 0 saturated carbocycles. The monoisotopic (exact) mass is 243 g/mol. The summed E-state index contributed by atoms with van der Waals surface area (Å²) in [5.74, 6) is 0.318. The van der Waals surface area contributed by atoms with Gasteiger partial charge in [0.2, 0.25) is 5.91 Å². The summed E-state index contributed by atoms with van der Waals surface area (Å²) in [5.41, 5.74) is 0. The first-order chi connectivity index (χ1) is 7.72. The smallest absolute Gasteiger partial charge is 0.223 e. The van der Waals surface area contributed by atoms with Crippen LogP contribution in [0.25, 0.3) is 0 Å². The van der Waals surface area contributed by atoms with E-state index in [1.807, 2.05) is 4.57 Å². The molecule has 6 heteroatoms. The molecule has 2 rings (SSSR count). The Balaban J connectivity index is 2.02. The van der Waals surface area contributed by atoms with Gasteiger partial charge in [0, 0.05) is 37.8 Å². The summed E-state index contributed by atoms with van der Waals surface area (Å²) in [6, 6.07) is -0.0956. The fraction of sp³-hybridized carbons (Fsp3) is 0.600. The average Bonchev–Trinajstić information content (AvgIpc) is 2.86. The van der Waals surface area contributed by atoms with Gasteiger partial charge in [-0.15, -0.1) is 11.6 Å². The Morgan fingerprint density at radius 1 is 1.56 bits per heavy atom. The first-order valence-corrected chi connectivity index (χ1v) is 5.75. The van der Waals surface area contributed by atoms with Crippen molar-refractivity contribution < 1.29 is 9.90 Å². The van der Waals surface area contributed by atoms with E-state index >= 15 is 0 Å². The number of halogens is 1.